The molecule has 2 heterocycles. The van der Waals surface area contributed by atoms with Gasteiger partial charge in [0.2, 0.25) is 11.9 Å². The molecule has 0 aliphatic carbocycles. The largest absolute Gasteiger partial charge is 0.374 e. The summed E-state index contributed by atoms with van der Waals surface area (Å²) in [5.74, 6) is 0.868. The maximum absolute atomic E-state index is 12.7. The molecule has 1 saturated heterocycles. The van der Waals surface area contributed by atoms with Crippen LogP contribution in [0, 0.1) is 0 Å². The van der Waals surface area contributed by atoms with Gasteiger partial charge in [-0.1, -0.05) is 19.1 Å². The van der Waals surface area contributed by atoms with Crippen LogP contribution in [-0.2, 0) is 11.2 Å². The highest BCUT2D eigenvalue weighted by molar-refractivity contribution is 5.84. The smallest absolute Gasteiger partial charge is 0.244 e. The third-order valence-corrected chi connectivity index (χ3v) is 4.52. The van der Waals surface area contributed by atoms with Crippen molar-refractivity contribution in [1.29, 1.82) is 0 Å². The number of nitrogens with zero attached hydrogens (tertiary/aromatic N) is 4. The summed E-state index contributed by atoms with van der Waals surface area (Å²) in [5, 5.41) is 3.33. The molecule has 1 aromatic heterocycles. The average molecular weight is 339 g/mol. The molecule has 1 aliphatic heterocycles. The molecule has 25 heavy (non-hydrogen) atoms. The van der Waals surface area contributed by atoms with E-state index in [1.807, 2.05) is 30.0 Å². The molecule has 6 nitrogen and oxygen atoms in total. The standard InChI is InChI=1S/C19H25N5O/c1-3-16-6-4-7-17(14-16)22-15(2)18(25)23-10-12-24(13-11-23)19-20-8-5-9-21-19/h4-9,14-15,22H,3,10-13H2,1-2H3. The van der Waals surface area contributed by atoms with Gasteiger partial charge in [-0.3, -0.25) is 4.79 Å². The van der Waals surface area contributed by atoms with Crippen molar-refractivity contribution in [2.24, 2.45) is 0 Å². The highest BCUT2D eigenvalue weighted by atomic mass is 16.2. The summed E-state index contributed by atoms with van der Waals surface area (Å²) >= 11 is 0. The molecular formula is C19H25N5O. The number of carbonyl (C=O) groups is 1. The van der Waals surface area contributed by atoms with E-state index in [1.54, 1.807) is 12.4 Å². The summed E-state index contributed by atoms with van der Waals surface area (Å²) in [6, 6.07) is 9.80. The molecule has 2 aromatic rings. The first-order valence-corrected chi connectivity index (χ1v) is 8.83. The highest BCUT2D eigenvalue weighted by Gasteiger charge is 2.25. The highest BCUT2D eigenvalue weighted by Crippen LogP contribution is 2.15. The lowest BCUT2D eigenvalue weighted by Crippen LogP contribution is -2.52. The fraction of sp³-hybridized carbons (Fsp3) is 0.421. The van der Waals surface area contributed by atoms with E-state index in [-0.39, 0.29) is 11.9 Å². The normalized spacial score (nSPS) is 15.8. The van der Waals surface area contributed by atoms with Gasteiger partial charge < -0.3 is 15.1 Å². The number of amides is 1. The second kappa shape index (κ2) is 7.96. The van der Waals surface area contributed by atoms with Crippen LogP contribution < -0.4 is 10.2 Å². The van der Waals surface area contributed by atoms with Gasteiger partial charge in [0, 0.05) is 44.3 Å². The maximum atomic E-state index is 12.7. The van der Waals surface area contributed by atoms with E-state index in [0.29, 0.717) is 13.1 Å². The molecule has 0 saturated carbocycles. The Balaban J connectivity index is 1.54. The number of carbonyl (C=O) groups excluding carboxylic acids is 1. The molecule has 1 aliphatic rings. The van der Waals surface area contributed by atoms with Crippen molar-refractivity contribution in [1.82, 2.24) is 14.9 Å². The summed E-state index contributed by atoms with van der Waals surface area (Å²) in [6.07, 6.45) is 4.48. The predicted molar refractivity (Wildman–Crippen MR) is 99.7 cm³/mol. The molecule has 0 spiro atoms. The van der Waals surface area contributed by atoms with Crippen molar-refractivity contribution in [3.8, 4) is 0 Å². The van der Waals surface area contributed by atoms with Gasteiger partial charge in [0.05, 0.1) is 0 Å². The van der Waals surface area contributed by atoms with Gasteiger partial charge in [-0.25, -0.2) is 9.97 Å². The summed E-state index contributed by atoms with van der Waals surface area (Å²) in [4.78, 5) is 25.3. The van der Waals surface area contributed by atoms with Gasteiger partial charge in [0.25, 0.3) is 0 Å². The second-order valence-electron chi connectivity index (χ2n) is 6.28. The van der Waals surface area contributed by atoms with Crippen LogP contribution in [0.1, 0.15) is 19.4 Å². The van der Waals surface area contributed by atoms with Crippen LogP contribution in [0.5, 0.6) is 0 Å². The molecule has 6 heteroatoms. The quantitative estimate of drug-likeness (QED) is 0.905. The van der Waals surface area contributed by atoms with Gasteiger partial charge in [0.1, 0.15) is 6.04 Å². The minimum Gasteiger partial charge on any atom is -0.374 e. The zero-order valence-corrected chi connectivity index (χ0v) is 14.9. The van der Waals surface area contributed by atoms with Crippen LogP contribution in [0.2, 0.25) is 0 Å². The van der Waals surface area contributed by atoms with Gasteiger partial charge in [0.15, 0.2) is 0 Å². The molecule has 1 unspecified atom stereocenters. The zero-order valence-electron chi connectivity index (χ0n) is 14.9. The minimum absolute atomic E-state index is 0.135. The van der Waals surface area contributed by atoms with Crippen LogP contribution in [0.4, 0.5) is 11.6 Å². The molecule has 132 valence electrons. The fourth-order valence-corrected chi connectivity index (χ4v) is 3.05. The van der Waals surface area contributed by atoms with Crippen LogP contribution in [0.15, 0.2) is 42.7 Å². The van der Waals surface area contributed by atoms with E-state index in [1.165, 1.54) is 5.56 Å². The monoisotopic (exact) mass is 339 g/mol. The minimum atomic E-state index is -0.244. The Kier molecular flexibility index (Phi) is 5.48. The Morgan fingerprint density at radius 1 is 1.16 bits per heavy atom. The van der Waals surface area contributed by atoms with E-state index in [9.17, 15) is 4.79 Å². The molecule has 0 radical (unpaired) electrons. The lowest BCUT2D eigenvalue weighted by Gasteiger charge is -2.36. The third kappa shape index (κ3) is 4.26. The van der Waals surface area contributed by atoms with Gasteiger partial charge >= 0.3 is 0 Å². The lowest BCUT2D eigenvalue weighted by atomic mass is 10.1. The van der Waals surface area contributed by atoms with Crippen molar-refractivity contribution < 1.29 is 4.79 Å². The molecule has 1 fully saturated rings. The third-order valence-electron chi connectivity index (χ3n) is 4.52. The molecule has 1 aromatic carbocycles. The van der Waals surface area contributed by atoms with Crippen LogP contribution >= 0.6 is 0 Å². The van der Waals surface area contributed by atoms with Crippen molar-refractivity contribution in [2.45, 2.75) is 26.3 Å². The molecular weight excluding hydrogens is 314 g/mol. The number of nitrogens with one attached hydrogen (secondary N) is 1. The number of aryl methyl sites for hydroxylation is 1. The molecule has 1 N–H and O–H groups in total. The van der Waals surface area contributed by atoms with E-state index in [4.69, 9.17) is 0 Å². The maximum Gasteiger partial charge on any atom is 0.244 e. The molecule has 1 atom stereocenters. The first-order valence-electron chi connectivity index (χ1n) is 8.83. The van der Waals surface area contributed by atoms with Crippen LogP contribution in [-0.4, -0.2) is 53.0 Å². The van der Waals surface area contributed by atoms with Crippen LogP contribution in [0.25, 0.3) is 0 Å². The Morgan fingerprint density at radius 3 is 2.56 bits per heavy atom. The Morgan fingerprint density at radius 2 is 1.88 bits per heavy atom. The van der Waals surface area contributed by atoms with Gasteiger partial charge in [-0.15, -0.1) is 0 Å². The van der Waals surface area contributed by atoms with E-state index in [0.717, 1.165) is 31.1 Å². The van der Waals surface area contributed by atoms with Crippen molar-refractivity contribution in [3.63, 3.8) is 0 Å². The first kappa shape index (κ1) is 17.2. The fourth-order valence-electron chi connectivity index (χ4n) is 3.05. The van der Waals surface area contributed by atoms with Gasteiger partial charge in [-0.2, -0.15) is 0 Å². The number of anilines is 2. The Bertz CT molecular complexity index is 698. The number of benzene rings is 1. The molecule has 1 amide bonds. The number of hydrogen-bond donors (Lipinski definition) is 1. The summed E-state index contributed by atoms with van der Waals surface area (Å²) in [7, 11) is 0. The summed E-state index contributed by atoms with van der Waals surface area (Å²) < 4.78 is 0. The zero-order chi connectivity index (χ0) is 17.6. The number of piperazine rings is 1. The van der Waals surface area contributed by atoms with Gasteiger partial charge in [-0.05, 0) is 37.1 Å². The summed E-state index contributed by atoms with van der Waals surface area (Å²) in [5.41, 5.74) is 2.26. The van der Waals surface area contributed by atoms with Crippen molar-refractivity contribution in [3.05, 3.63) is 48.3 Å². The molecule has 0 bridgehead atoms. The second-order valence-corrected chi connectivity index (χ2v) is 6.28. The van der Waals surface area contributed by atoms with Crippen LogP contribution in [0.3, 0.4) is 0 Å². The summed E-state index contributed by atoms with van der Waals surface area (Å²) in [6.45, 7) is 6.95. The number of hydrogen-bond acceptors (Lipinski definition) is 5. The Hall–Kier alpha value is -2.63. The average Bonchev–Trinajstić information content (AvgIpc) is 2.68. The van der Waals surface area contributed by atoms with E-state index >= 15 is 0 Å². The topological polar surface area (TPSA) is 61.4 Å². The van der Waals surface area contributed by atoms with E-state index in [2.05, 4.69) is 39.2 Å². The number of rotatable bonds is 5. The first-order chi connectivity index (χ1) is 12.2. The molecule has 3 rings (SSSR count). The van der Waals surface area contributed by atoms with Crippen molar-refractivity contribution >= 4 is 17.5 Å². The SMILES string of the molecule is CCc1cccc(NC(C)C(=O)N2CCN(c3ncccn3)CC2)c1. The lowest BCUT2D eigenvalue weighted by molar-refractivity contribution is -0.131. The van der Waals surface area contributed by atoms with Crippen molar-refractivity contribution in [2.75, 3.05) is 36.4 Å². The predicted octanol–water partition coefficient (Wildman–Crippen LogP) is 2.19. The Labute approximate surface area is 148 Å². The number of aromatic nitrogens is 2. The van der Waals surface area contributed by atoms with E-state index < -0.39 is 0 Å².